The van der Waals surface area contributed by atoms with Crippen LogP contribution >= 0.6 is 0 Å². The van der Waals surface area contributed by atoms with E-state index in [1.165, 1.54) is 30.4 Å². The van der Waals surface area contributed by atoms with Gasteiger partial charge in [0.1, 0.15) is 0 Å². The normalized spacial score (nSPS) is 14.8. The molecule has 1 aliphatic rings. The molecule has 1 aliphatic heterocycles. The number of hydrogen-bond acceptors (Lipinski definition) is 5. The van der Waals surface area contributed by atoms with Gasteiger partial charge in [0.2, 0.25) is 6.10 Å². The lowest BCUT2D eigenvalue weighted by Gasteiger charge is -2.23. The average Bonchev–Trinajstić information content (AvgIpc) is 3.26. The first-order chi connectivity index (χ1) is 13.5. The van der Waals surface area contributed by atoms with Gasteiger partial charge in [-0.15, -0.1) is 0 Å². The van der Waals surface area contributed by atoms with Gasteiger partial charge in [-0.25, -0.2) is 4.79 Å². The first-order valence-corrected chi connectivity index (χ1v) is 9.01. The molecule has 1 amide bonds. The standard InChI is InChI=1S/C21H20N2O5/c24-19(12-11-16-7-6-10-18(15-16)23(26)27)28-20(17-8-2-1-3-9-17)21(25)22-13-4-5-14-22/h1-3,6-12,15,20H,4-5,13-14H2/b12-11+/t20-/m1/s1. The Balaban J connectivity index is 1.74. The van der Waals surface area contributed by atoms with Crippen molar-refractivity contribution in [3.63, 3.8) is 0 Å². The number of benzene rings is 2. The number of hydrogen-bond donors (Lipinski definition) is 0. The van der Waals surface area contributed by atoms with Crippen LogP contribution < -0.4 is 0 Å². The maximum absolute atomic E-state index is 12.8. The fourth-order valence-electron chi connectivity index (χ4n) is 3.05. The van der Waals surface area contributed by atoms with Crippen LogP contribution in [0.4, 0.5) is 5.69 Å². The number of nitrogens with zero attached hydrogens (tertiary/aromatic N) is 2. The van der Waals surface area contributed by atoms with Gasteiger partial charge in [0.25, 0.3) is 11.6 Å². The Hall–Kier alpha value is -3.48. The number of nitro groups is 1. The molecule has 28 heavy (non-hydrogen) atoms. The predicted molar refractivity (Wildman–Crippen MR) is 103 cm³/mol. The molecule has 0 radical (unpaired) electrons. The summed E-state index contributed by atoms with van der Waals surface area (Å²) in [6.07, 6.45) is 3.47. The molecule has 144 valence electrons. The van der Waals surface area contributed by atoms with Crippen molar-refractivity contribution in [2.24, 2.45) is 0 Å². The van der Waals surface area contributed by atoms with Gasteiger partial charge in [-0.2, -0.15) is 0 Å². The molecule has 0 spiro atoms. The van der Waals surface area contributed by atoms with E-state index >= 15 is 0 Å². The van der Waals surface area contributed by atoms with Crippen molar-refractivity contribution in [3.8, 4) is 0 Å². The number of esters is 1. The van der Waals surface area contributed by atoms with Crippen molar-refractivity contribution in [3.05, 3.63) is 81.9 Å². The van der Waals surface area contributed by atoms with Crippen LogP contribution in [0.25, 0.3) is 6.08 Å². The van der Waals surface area contributed by atoms with Gasteiger partial charge in [-0.3, -0.25) is 14.9 Å². The SMILES string of the molecule is O=C(/C=C/c1cccc([N+](=O)[O-])c1)O[C@@H](C(=O)N1CCCC1)c1ccccc1. The van der Waals surface area contributed by atoms with Crippen LogP contribution in [0.15, 0.2) is 60.7 Å². The van der Waals surface area contributed by atoms with Crippen LogP contribution in [0.2, 0.25) is 0 Å². The predicted octanol–water partition coefficient (Wildman–Crippen LogP) is 3.51. The van der Waals surface area contributed by atoms with Gasteiger partial charge in [0, 0.05) is 36.9 Å². The summed E-state index contributed by atoms with van der Waals surface area (Å²) in [7, 11) is 0. The molecule has 1 atom stereocenters. The van der Waals surface area contributed by atoms with Gasteiger partial charge < -0.3 is 9.64 Å². The Morgan fingerprint density at radius 3 is 2.46 bits per heavy atom. The molecule has 7 nitrogen and oxygen atoms in total. The zero-order chi connectivity index (χ0) is 19.9. The zero-order valence-corrected chi connectivity index (χ0v) is 15.2. The second kappa shape index (κ2) is 8.94. The van der Waals surface area contributed by atoms with Crippen LogP contribution in [-0.4, -0.2) is 34.8 Å². The highest BCUT2D eigenvalue weighted by Gasteiger charge is 2.30. The summed E-state index contributed by atoms with van der Waals surface area (Å²) in [6.45, 7) is 1.31. The highest BCUT2D eigenvalue weighted by molar-refractivity contribution is 5.91. The second-order valence-electron chi connectivity index (χ2n) is 6.45. The van der Waals surface area contributed by atoms with Gasteiger partial charge in [-0.05, 0) is 24.5 Å². The molecule has 0 aliphatic carbocycles. The highest BCUT2D eigenvalue weighted by Crippen LogP contribution is 2.23. The van der Waals surface area contributed by atoms with Crippen LogP contribution in [-0.2, 0) is 14.3 Å². The van der Waals surface area contributed by atoms with E-state index in [4.69, 9.17) is 4.74 Å². The first-order valence-electron chi connectivity index (χ1n) is 9.01. The van der Waals surface area contributed by atoms with Gasteiger partial charge in [0.15, 0.2) is 0 Å². The molecule has 0 unspecified atom stereocenters. The number of carbonyl (C=O) groups excluding carboxylic acids is 2. The maximum Gasteiger partial charge on any atom is 0.331 e. The van der Waals surface area contributed by atoms with Crippen molar-refractivity contribution >= 4 is 23.6 Å². The number of carbonyl (C=O) groups is 2. The fourth-order valence-corrected chi connectivity index (χ4v) is 3.05. The van der Waals surface area contributed by atoms with E-state index in [0.717, 1.165) is 12.8 Å². The van der Waals surface area contributed by atoms with E-state index in [1.807, 2.05) is 6.07 Å². The quantitative estimate of drug-likeness (QED) is 0.331. The largest absolute Gasteiger partial charge is 0.444 e. The molecule has 3 rings (SSSR count). The third-order valence-electron chi connectivity index (χ3n) is 4.47. The summed E-state index contributed by atoms with van der Waals surface area (Å²) >= 11 is 0. The molecule has 1 fully saturated rings. The van der Waals surface area contributed by atoms with Crippen molar-refractivity contribution < 1.29 is 19.2 Å². The van der Waals surface area contributed by atoms with E-state index in [0.29, 0.717) is 24.2 Å². The third kappa shape index (κ3) is 4.82. The monoisotopic (exact) mass is 380 g/mol. The lowest BCUT2D eigenvalue weighted by atomic mass is 10.1. The molecule has 2 aromatic rings. The van der Waals surface area contributed by atoms with Crippen LogP contribution in [0.1, 0.15) is 30.1 Å². The Morgan fingerprint density at radius 1 is 1.07 bits per heavy atom. The third-order valence-corrected chi connectivity index (χ3v) is 4.47. The maximum atomic E-state index is 12.8. The van der Waals surface area contributed by atoms with Gasteiger partial charge in [-0.1, -0.05) is 42.5 Å². The van der Waals surface area contributed by atoms with Gasteiger partial charge in [0.05, 0.1) is 4.92 Å². The molecule has 0 aromatic heterocycles. The number of amides is 1. The molecule has 1 heterocycles. The van der Waals surface area contributed by atoms with Crippen molar-refractivity contribution in [2.75, 3.05) is 13.1 Å². The number of rotatable bonds is 6. The lowest BCUT2D eigenvalue weighted by molar-refractivity contribution is -0.384. The molecule has 7 heteroatoms. The van der Waals surface area contributed by atoms with E-state index in [-0.39, 0.29) is 11.6 Å². The average molecular weight is 380 g/mol. The second-order valence-corrected chi connectivity index (χ2v) is 6.45. The summed E-state index contributed by atoms with van der Waals surface area (Å²) < 4.78 is 5.46. The fraction of sp³-hybridized carbons (Fsp3) is 0.238. The molecule has 0 N–H and O–H groups in total. The van der Waals surface area contributed by atoms with Crippen LogP contribution in [0.5, 0.6) is 0 Å². The molecule has 1 saturated heterocycles. The van der Waals surface area contributed by atoms with E-state index in [2.05, 4.69) is 0 Å². The van der Waals surface area contributed by atoms with Crippen molar-refractivity contribution in [1.29, 1.82) is 0 Å². The summed E-state index contributed by atoms with van der Waals surface area (Å²) in [5, 5.41) is 10.8. The topological polar surface area (TPSA) is 89.7 Å². The van der Waals surface area contributed by atoms with E-state index < -0.39 is 17.0 Å². The molecular formula is C21H20N2O5. The molecule has 0 bridgehead atoms. The summed E-state index contributed by atoms with van der Waals surface area (Å²) in [5.41, 5.74) is 1.03. The Kier molecular flexibility index (Phi) is 6.16. The van der Waals surface area contributed by atoms with Crippen molar-refractivity contribution in [1.82, 2.24) is 4.90 Å². The lowest BCUT2D eigenvalue weighted by Crippen LogP contribution is -2.34. The molecule has 0 saturated carbocycles. The van der Waals surface area contributed by atoms with E-state index in [1.54, 1.807) is 35.2 Å². The molecular weight excluding hydrogens is 360 g/mol. The van der Waals surface area contributed by atoms with E-state index in [9.17, 15) is 19.7 Å². The minimum Gasteiger partial charge on any atom is -0.444 e. The Labute approximate surface area is 162 Å². The molecule has 2 aromatic carbocycles. The number of non-ortho nitro benzene ring substituents is 1. The summed E-state index contributed by atoms with van der Waals surface area (Å²) in [4.78, 5) is 37.2. The smallest absolute Gasteiger partial charge is 0.331 e. The van der Waals surface area contributed by atoms with Crippen LogP contribution in [0.3, 0.4) is 0 Å². The van der Waals surface area contributed by atoms with Crippen LogP contribution in [0, 0.1) is 10.1 Å². The minimum atomic E-state index is -1.01. The summed E-state index contributed by atoms with van der Waals surface area (Å²) in [6, 6.07) is 14.8. The highest BCUT2D eigenvalue weighted by atomic mass is 16.6. The van der Waals surface area contributed by atoms with Crippen molar-refractivity contribution in [2.45, 2.75) is 18.9 Å². The summed E-state index contributed by atoms with van der Waals surface area (Å²) in [5.74, 6) is -0.922. The Morgan fingerprint density at radius 2 is 1.79 bits per heavy atom. The first kappa shape index (κ1) is 19.3. The number of ether oxygens (including phenoxy) is 1. The minimum absolute atomic E-state index is 0.0677. The Bertz CT molecular complexity index is 889. The number of likely N-dealkylation sites (tertiary alicyclic amines) is 1. The van der Waals surface area contributed by atoms with Gasteiger partial charge >= 0.3 is 5.97 Å². The number of nitro benzene ring substituents is 1. The zero-order valence-electron chi connectivity index (χ0n) is 15.2.